The van der Waals surface area contributed by atoms with E-state index in [1.165, 1.54) is 0 Å². The second-order valence-electron chi connectivity index (χ2n) is 7.64. The summed E-state index contributed by atoms with van der Waals surface area (Å²) in [6.45, 7) is 6.78. The van der Waals surface area contributed by atoms with Crippen LogP contribution in [-0.2, 0) is 11.3 Å². The summed E-state index contributed by atoms with van der Waals surface area (Å²) >= 11 is 5.91. The number of halogens is 1. The van der Waals surface area contributed by atoms with Crippen molar-refractivity contribution in [2.75, 3.05) is 19.6 Å². The highest BCUT2D eigenvalue weighted by Gasteiger charge is 2.33. The van der Waals surface area contributed by atoms with Crippen molar-refractivity contribution in [3.63, 3.8) is 0 Å². The van der Waals surface area contributed by atoms with Gasteiger partial charge in [0.1, 0.15) is 11.5 Å². The summed E-state index contributed by atoms with van der Waals surface area (Å²) in [6, 6.07) is 11.4. The minimum atomic E-state index is 0.000661. The van der Waals surface area contributed by atoms with Gasteiger partial charge >= 0.3 is 0 Å². The molecule has 3 rings (SSSR count). The van der Waals surface area contributed by atoms with Crippen molar-refractivity contribution in [2.45, 2.75) is 32.9 Å². The van der Waals surface area contributed by atoms with Crippen molar-refractivity contribution in [2.24, 2.45) is 11.1 Å². The molecule has 6 heteroatoms. The summed E-state index contributed by atoms with van der Waals surface area (Å²) in [5.41, 5.74) is 7.14. The molecule has 140 valence electrons. The van der Waals surface area contributed by atoms with Crippen molar-refractivity contribution in [3.05, 3.63) is 47.2 Å². The minimum absolute atomic E-state index is 0.000661. The number of carbonyl (C=O) groups is 1. The molecule has 3 N–H and O–H groups in total. The average molecular weight is 376 g/mol. The standard InChI is InChI=1S/C20H26ClN3O2/c1-20(2)13-24(10-9-18(20)22)12-19(25)23-11-16-7-8-17(26-16)14-3-5-15(21)6-4-14/h3-8,18H,9-13,22H2,1-2H3,(H,23,25). The third kappa shape index (κ3) is 4.67. The number of hydrogen-bond acceptors (Lipinski definition) is 4. The molecule has 2 aromatic rings. The first-order valence-electron chi connectivity index (χ1n) is 8.93. The fraction of sp³-hybridized carbons (Fsp3) is 0.450. The van der Waals surface area contributed by atoms with Crippen LogP contribution < -0.4 is 11.1 Å². The van der Waals surface area contributed by atoms with E-state index in [-0.39, 0.29) is 17.4 Å². The van der Waals surface area contributed by atoms with Gasteiger partial charge in [-0.25, -0.2) is 0 Å². The number of benzene rings is 1. The molecule has 1 aromatic carbocycles. The van der Waals surface area contributed by atoms with Gasteiger partial charge in [-0.1, -0.05) is 25.4 Å². The number of carbonyl (C=O) groups excluding carboxylic acids is 1. The highest BCUT2D eigenvalue weighted by molar-refractivity contribution is 6.30. The topological polar surface area (TPSA) is 71.5 Å². The van der Waals surface area contributed by atoms with Gasteiger partial charge in [-0.3, -0.25) is 9.69 Å². The molecule has 1 aliphatic rings. The summed E-state index contributed by atoms with van der Waals surface area (Å²) in [5.74, 6) is 1.49. The van der Waals surface area contributed by atoms with E-state index >= 15 is 0 Å². The maximum absolute atomic E-state index is 12.3. The van der Waals surface area contributed by atoms with E-state index in [1.54, 1.807) is 0 Å². The maximum atomic E-state index is 12.3. The number of hydrogen-bond donors (Lipinski definition) is 2. The van der Waals surface area contributed by atoms with Crippen LogP contribution in [0.3, 0.4) is 0 Å². The van der Waals surface area contributed by atoms with Gasteiger partial charge < -0.3 is 15.5 Å². The molecular weight excluding hydrogens is 350 g/mol. The molecule has 1 aromatic heterocycles. The Balaban J connectivity index is 1.50. The zero-order valence-corrected chi connectivity index (χ0v) is 16.1. The normalized spacial score (nSPS) is 20.1. The second kappa shape index (κ2) is 7.82. The molecule has 5 nitrogen and oxygen atoms in total. The number of nitrogens with two attached hydrogens (primary N) is 1. The number of furan rings is 1. The van der Waals surface area contributed by atoms with Crippen molar-refractivity contribution < 1.29 is 9.21 Å². The van der Waals surface area contributed by atoms with E-state index < -0.39 is 0 Å². The number of amides is 1. The van der Waals surface area contributed by atoms with Crippen molar-refractivity contribution in [1.82, 2.24) is 10.2 Å². The Morgan fingerprint density at radius 3 is 2.73 bits per heavy atom. The van der Waals surface area contributed by atoms with E-state index in [2.05, 4.69) is 24.1 Å². The lowest BCUT2D eigenvalue weighted by molar-refractivity contribution is -0.123. The fourth-order valence-corrected chi connectivity index (χ4v) is 3.43. The van der Waals surface area contributed by atoms with Gasteiger partial charge in [-0.05, 0) is 48.2 Å². The van der Waals surface area contributed by atoms with Crippen molar-refractivity contribution >= 4 is 17.5 Å². The monoisotopic (exact) mass is 375 g/mol. The van der Waals surface area contributed by atoms with Crippen LogP contribution in [0.15, 0.2) is 40.8 Å². The second-order valence-corrected chi connectivity index (χ2v) is 8.08. The van der Waals surface area contributed by atoms with Crippen LogP contribution in [0, 0.1) is 5.41 Å². The number of nitrogens with one attached hydrogen (secondary N) is 1. The third-order valence-corrected chi connectivity index (χ3v) is 5.26. The summed E-state index contributed by atoms with van der Waals surface area (Å²) in [4.78, 5) is 14.4. The van der Waals surface area contributed by atoms with Crippen LogP contribution in [0.1, 0.15) is 26.0 Å². The molecule has 1 atom stereocenters. The van der Waals surface area contributed by atoms with Crippen LogP contribution >= 0.6 is 11.6 Å². The first-order valence-corrected chi connectivity index (χ1v) is 9.30. The molecule has 0 aliphatic carbocycles. The fourth-order valence-electron chi connectivity index (χ4n) is 3.31. The number of likely N-dealkylation sites (tertiary alicyclic amines) is 1. The molecule has 1 aliphatic heterocycles. The molecule has 0 spiro atoms. The first-order chi connectivity index (χ1) is 12.3. The molecule has 2 heterocycles. The summed E-state index contributed by atoms with van der Waals surface area (Å²) in [7, 11) is 0. The molecule has 1 saturated heterocycles. The van der Waals surface area contributed by atoms with Gasteiger partial charge in [0, 0.05) is 29.7 Å². The SMILES string of the molecule is CC1(C)CN(CC(=O)NCc2ccc(-c3ccc(Cl)cc3)o2)CCC1N. The summed E-state index contributed by atoms with van der Waals surface area (Å²) in [5, 5.41) is 3.62. The minimum Gasteiger partial charge on any atom is -0.459 e. The molecule has 1 unspecified atom stereocenters. The van der Waals surface area contributed by atoms with Crippen molar-refractivity contribution in [3.8, 4) is 11.3 Å². The maximum Gasteiger partial charge on any atom is 0.234 e. The van der Waals surface area contributed by atoms with Crippen LogP contribution in [0.2, 0.25) is 5.02 Å². The highest BCUT2D eigenvalue weighted by Crippen LogP contribution is 2.27. The van der Waals surface area contributed by atoms with Crippen LogP contribution in [0.25, 0.3) is 11.3 Å². The molecule has 0 bridgehead atoms. The molecular formula is C20H26ClN3O2. The van der Waals surface area contributed by atoms with Crippen LogP contribution in [0.5, 0.6) is 0 Å². The first kappa shape index (κ1) is 19.0. The van der Waals surface area contributed by atoms with Gasteiger partial charge in [0.2, 0.25) is 5.91 Å². The zero-order chi connectivity index (χ0) is 18.7. The van der Waals surface area contributed by atoms with E-state index in [1.807, 2.05) is 36.4 Å². The Bertz CT molecular complexity index is 755. The lowest BCUT2D eigenvalue weighted by Gasteiger charge is -2.42. The smallest absolute Gasteiger partial charge is 0.234 e. The highest BCUT2D eigenvalue weighted by atomic mass is 35.5. The Kier molecular flexibility index (Phi) is 5.70. The van der Waals surface area contributed by atoms with E-state index in [9.17, 15) is 4.79 Å². The summed E-state index contributed by atoms with van der Waals surface area (Å²) in [6.07, 6.45) is 0.920. The van der Waals surface area contributed by atoms with Crippen LogP contribution in [-0.4, -0.2) is 36.5 Å². The van der Waals surface area contributed by atoms with Gasteiger partial charge in [0.25, 0.3) is 0 Å². The lowest BCUT2D eigenvalue weighted by atomic mass is 9.80. The van der Waals surface area contributed by atoms with E-state index in [4.69, 9.17) is 21.8 Å². The van der Waals surface area contributed by atoms with Crippen LogP contribution in [0.4, 0.5) is 0 Å². The van der Waals surface area contributed by atoms with Gasteiger partial charge in [-0.15, -0.1) is 0 Å². The largest absolute Gasteiger partial charge is 0.459 e. The predicted molar refractivity (Wildman–Crippen MR) is 104 cm³/mol. The van der Waals surface area contributed by atoms with Gasteiger partial charge in [-0.2, -0.15) is 0 Å². The molecule has 0 radical (unpaired) electrons. The zero-order valence-electron chi connectivity index (χ0n) is 15.3. The summed E-state index contributed by atoms with van der Waals surface area (Å²) < 4.78 is 5.81. The lowest BCUT2D eigenvalue weighted by Crippen LogP contribution is -2.54. The number of rotatable bonds is 5. The van der Waals surface area contributed by atoms with E-state index in [0.29, 0.717) is 18.1 Å². The molecule has 1 fully saturated rings. The molecule has 0 saturated carbocycles. The van der Waals surface area contributed by atoms with E-state index in [0.717, 1.165) is 36.6 Å². The van der Waals surface area contributed by atoms with Gasteiger partial charge in [0.15, 0.2) is 0 Å². The Morgan fingerprint density at radius 2 is 2.04 bits per heavy atom. The average Bonchev–Trinajstić information content (AvgIpc) is 3.06. The van der Waals surface area contributed by atoms with Gasteiger partial charge in [0.05, 0.1) is 13.1 Å². The Hall–Kier alpha value is -1.82. The number of piperidine rings is 1. The third-order valence-electron chi connectivity index (χ3n) is 5.01. The number of nitrogens with zero attached hydrogens (tertiary/aromatic N) is 1. The predicted octanol–water partition coefficient (Wildman–Crippen LogP) is 3.28. The quantitative estimate of drug-likeness (QED) is 0.841. The molecule has 1 amide bonds. The molecule has 26 heavy (non-hydrogen) atoms. The Labute approximate surface area is 159 Å². The van der Waals surface area contributed by atoms with Crippen molar-refractivity contribution in [1.29, 1.82) is 0 Å². The Morgan fingerprint density at radius 1 is 1.31 bits per heavy atom.